The number of rotatable bonds is 6. The number of amides is 1. The van der Waals surface area contributed by atoms with Crippen molar-refractivity contribution in [2.75, 3.05) is 26.2 Å². The van der Waals surface area contributed by atoms with Crippen molar-refractivity contribution in [3.63, 3.8) is 0 Å². The number of aliphatic hydroxyl groups excluding tert-OH is 1. The molecule has 1 aromatic heterocycles. The Labute approximate surface area is 176 Å². The van der Waals surface area contributed by atoms with Crippen LogP contribution in [0.3, 0.4) is 0 Å². The molecule has 1 aromatic rings. The van der Waals surface area contributed by atoms with E-state index in [0.717, 1.165) is 31.4 Å². The highest BCUT2D eigenvalue weighted by Gasteiger charge is 2.49. The van der Waals surface area contributed by atoms with E-state index in [1.54, 1.807) is 10.4 Å². The molecule has 3 N–H and O–H groups in total. The number of aliphatic hydroxyl groups is 1. The van der Waals surface area contributed by atoms with Gasteiger partial charge in [-0.05, 0) is 38.5 Å². The number of aromatic nitrogens is 1. The minimum atomic E-state index is -3.59. The van der Waals surface area contributed by atoms with Gasteiger partial charge in [0.1, 0.15) is 5.76 Å². The SMILES string of the molecule is O=C(N[C@H]1C[C@H]2CC[C@@H](C1)N2S(=O)(=O)N1CCNC(CO)C1)c1cc(C2CC2)on1. The van der Waals surface area contributed by atoms with Crippen molar-refractivity contribution in [3.05, 3.63) is 17.5 Å². The molecule has 1 aliphatic carbocycles. The summed E-state index contributed by atoms with van der Waals surface area (Å²) in [6.45, 7) is 1.14. The molecule has 4 atom stereocenters. The lowest BCUT2D eigenvalue weighted by Gasteiger charge is -2.42. The molecule has 1 amide bonds. The summed E-state index contributed by atoms with van der Waals surface area (Å²) in [5.41, 5.74) is 0.301. The third-order valence-electron chi connectivity index (χ3n) is 6.77. The van der Waals surface area contributed by atoms with E-state index in [2.05, 4.69) is 15.8 Å². The number of hydrogen-bond donors (Lipinski definition) is 3. The number of nitrogens with zero attached hydrogens (tertiary/aromatic N) is 3. The molecule has 11 heteroatoms. The third kappa shape index (κ3) is 3.77. The van der Waals surface area contributed by atoms with Gasteiger partial charge in [0.2, 0.25) is 0 Å². The van der Waals surface area contributed by atoms with Crippen LogP contribution in [0.5, 0.6) is 0 Å². The Balaban J connectivity index is 1.23. The quantitative estimate of drug-likeness (QED) is 0.559. The fourth-order valence-electron chi connectivity index (χ4n) is 5.10. The minimum Gasteiger partial charge on any atom is -0.395 e. The number of piperazine rings is 1. The van der Waals surface area contributed by atoms with Crippen molar-refractivity contribution >= 4 is 16.1 Å². The molecular weight excluding hydrogens is 410 g/mol. The summed E-state index contributed by atoms with van der Waals surface area (Å²) in [7, 11) is -3.59. The number of carbonyl (C=O) groups excluding carboxylic acids is 1. The van der Waals surface area contributed by atoms with E-state index in [1.165, 1.54) is 4.31 Å². The molecule has 0 radical (unpaired) electrons. The van der Waals surface area contributed by atoms with Gasteiger partial charge in [-0.25, -0.2) is 0 Å². The highest BCUT2D eigenvalue weighted by atomic mass is 32.2. The lowest BCUT2D eigenvalue weighted by Crippen LogP contribution is -2.60. The zero-order valence-electron chi connectivity index (χ0n) is 16.9. The summed E-state index contributed by atoms with van der Waals surface area (Å²) in [4.78, 5) is 12.6. The van der Waals surface area contributed by atoms with Crippen LogP contribution in [0.1, 0.15) is 60.7 Å². The first-order valence-corrected chi connectivity index (χ1v) is 12.3. The molecule has 1 unspecified atom stereocenters. The predicted octanol–water partition coefficient (Wildman–Crippen LogP) is -0.212. The van der Waals surface area contributed by atoms with E-state index in [4.69, 9.17) is 4.52 Å². The standard InChI is InChI=1S/C19H29N5O5S/c25-11-14-10-23(6-5-20-14)30(27,28)24-15-3-4-16(24)8-13(7-15)21-19(26)17-9-18(29-22-17)12-1-2-12/h9,12-16,20,25H,1-8,10-11H2,(H,21,26)/t13-,14?,15+,16-. The van der Waals surface area contributed by atoms with Crippen molar-refractivity contribution in [1.29, 1.82) is 0 Å². The van der Waals surface area contributed by atoms with E-state index < -0.39 is 10.2 Å². The van der Waals surface area contributed by atoms with Crippen molar-refractivity contribution < 1.29 is 22.8 Å². The molecule has 4 aliphatic rings. The van der Waals surface area contributed by atoms with Crippen LogP contribution in [0.4, 0.5) is 0 Å². The summed E-state index contributed by atoms with van der Waals surface area (Å²) in [6.07, 6.45) is 4.98. The average molecular weight is 440 g/mol. The normalized spacial score (nSPS) is 33.0. The monoisotopic (exact) mass is 439 g/mol. The Morgan fingerprint density at radius 1 is 1.27 bits per heavy atom. The number of carbonyl (C=O) groups is 1. The van der Waals surface area contributed by atoms with Crippen LogP contribution < -0.4 is 10.6 Å². The van der Waals surface area contributed by atoms with Crippen LogP contribution >= 0.6 is 0 Å². The highest BCUT2D eigenvalue weighted by Crippen LogP contribution is 2.41. The second kappa shape index (κ2) is 7.86. The number of piperidine rings is 1. The van der Waals surface area contributed by atoms with Crippen molar-refractivity contribution in [3.8, 4) is 0 Å². The summed E-state index contributed by atoms with van der Waals surface area (Å²) in [5.74, 6) is 0.927. The fourth-order valence-corrected chi connectivity index (χ4v) is 7.20. The molecule has 0 aromatic carbocycles. The lowest BCUT2D eigenvalue weighted by molar-refractivity contribution is 0.0897. The summed E-state index contributed by atoms with van der Waals surface area (Å²) in [5, 5.41) is 19.5. The summed E-state index contributed by atoms with van der Waals surface area (Å²) >= 11 is 0. The predicted molar refractivity (Wildman–Crippen MR) is 107 cm³/mol. The zero-order chi connectivity index (χ0) is 20.9. The van der Waals surface area contributed by atoms with Crippen LogP contribution in [-0.2, 0) is 10.2 Å². The molecule has 10 nitrogen and oxygen atoms in total. The number of nitrogens with one attached hydrogen (secondary N) is 2. The van der Waals surface area contributed by atoms with E-state index in [1.807, 2.05) is 0 Å². The van der Waals surface area contributed by atoms with Crippen LogP contribution in [0.25, 0.3) is 0 Å². The first-order valence-electron chi connectivity index (χ1n) is 10.9. The first-order chi connectivity index (χ1) is 14.5. The molecule has 4 heterocycles. The molecule has 2 bridgehead atoms. The molecule has 166 valence electrons. The Morgan fingerprint density at radius 3 is 2.67 bits per heavy atom. The molecular formula is C19H29N5O5S. The number of fused-ring (bicyclic) bond motifs is 2. The van der Waals surface area contributed by atoms with Gasteiger partial charge in [0, 0.05) is 55.8 Å². The van der Waals surface area contributed by atoms with Gasteiger partial charge < -0.3 is 20.3 Å². The van der Waals surface area contributed by atoms with Crippen molar-refractivity contribution in [2.45, 2.75) is 68.6 Å². The van der Waals surface area contributed by atoms with Crippen LogP contribution in [0.15, 0.2) is 10.6 Å². The zero-order valence-corrected chi connectivity index (χ0v) is 17.7. The molecule has 30 heavy (non-hydrogen) atoms. The Kier molecular flexibility index (Phi) is 5.34. The maximum atomic E-state index is 13.3. The van der Waals surface area contributed by atoms with E-state index >= 15 is 0 Å². The van der Waals surface area contributed by atoms with E-state index in [0.29, 0.717) is 37.5 Å². The molecule has 5 rings (SSSR count). The van der Waals surface area contributed by atoms with Crippen molar-refractivity contribution in [2.24, 2.45) is 0 Å². The van der Waals surface area contributed by atoms with Crippen molar-refractivity contribution in [1.82, 2.24) is 24.4 Å². The Bertz CT molecular complexity index is 887. The summed E-state index contributed by atoms with van der Waals surface area (Å²) in [6, 6.07) is 1.20. The fraction of sp³-hybridized carbons (Fsp3) is 0.789. The second-order valence-electron chi connectivity index (χ2n) is 8.94. The first kappa shape index (κ1) is 20.4. The maximum absolute atomic E-state index is 13.3. The van der Waals surface area contributed by atoms with Gasteiger partial charge in [0.25, 0.3) is 16.1 Å². The average Bonchev–Trinajstić information content (AvgIpc) is 3.40. The van der Waals surface area contributed by atoms with Crippen LogP contribution in [0, 0.1) is 0 Å². The lowest BCUT2D eigenvalue weighted by atomic mass is 9.99. The Hall–Kier alpha value is -1.53. The van der Waals surface area contributed by atoms with Gasteiger partial charge >= 0.3 is 0 Å². The topological polar surface area (TPSA) is 128 Å². The van der Waals surface area contributed by atoms with E-state index in [-0.39, 0.29) is 43.2 Å². The number of hydrogen-bond acceptors (Lipinski definition) is 7. The third-order valence-corrected chi connectivity index (χ3v) is 8.89. The molecule has 3 saturated heterocycles. The highest BCUT2D eigenvalue weighted by molar-refractivity contribution is 7.86. The van der Waals surface area contributed by atoms with Gasteiger partial charge in [-0.15, -0.1) is 0 Å². The minimum absolute atomic E-state index is 0.0734. The van der Waals surface area contributed by atoms with Crippen LogP contribution in [0.2, 0.25) is 0 Å². The molecule has 4 fully saturated rings. The smallest absolute Gasteiger partial charge is 0.282 e. The van der Waals surface area contributed by atoms with Crippen LogP contribution in [-0.4, -0.2) is 83.6 Å². The molecule has 1 saturated carbocycles. The largest absolute Gasteiger partial charge is 0.395 e. The van der Waals surface area contributed by atoms with Gasteiger partial charge in [0.05, 0.1) is 6.61 Å². The Morgan fingerprint density at radius 2 is 2.00 bits per heavy atom. The van der Waals surface area contributed by atoms with Gasteiger partial charge in [-0.3, -0.25) is 4.79 Å². The second-order valence-corrected chi connectivity index (χ2v) is 10.8. The maximum Gasteiger partial charge on any atom is 0.282 e. The van der Waals surface area contributed by atoms with Gasteiger partial charge in [-0.1, -0.05) is 5.16 Å². The van der Waals surface area contributed by atoms with E-state index in [9.17, 15) is 18.3 Å². The van der Waals surface area contributed by atoms with Gasteiger partial charge in [-0.2, -0.15) is 17.0 Å². The molecule has 3 aliphatic heterocycles. The summed E-state index contributed by atoms with van der Waals surface area (Å²) < 4.78 is 35.1. The molecule has 0 spiro atoms. The van der Waals surface area contributed by atoms with Gasteiger partial charge in [0.15, 0.2) is 5.69 Å².